The maximum atomic E-state index is 11.6. The van der Waals surface area contributed by atoms with E-state index in [0.717, 1.165) is 17.6 Å². The predicted octanol–water partition coefficient (Wildman–Crippen LogP) is 1.66. The Morgan fingerprint density at radius 2 is 2.40 bits per heavy atom. The summed E-state index contributed by atoms with van der Waals surface area (Å²) in [6.07, 6.45) is 1.59. The topological polar surface area (TPSA) is 54.0 Å². The summed E-state index contributed by atoms with van der Waals surface area (Å²) in [6, 6.07) is 1.74. The van der Waals surface area contributed by atoms with Gasteiger partial charge in [0.25, 0.3) is 0 Å². The molecule has 0 bridgehead atoms. The van der Waals surface area contributed by atoms with Crippen LogP contribution < -0.4 is 10.6 Å². The molecular formula is C9H9BrClN3O. The van der Waals surface area contributed by atoms with Crippen LogP contribution in [0.5, 0.6) is 0 Å². The second kappa shape index (κ2) is 4.47. The van der Waals surface area contributed by atoms with Crippen LogP contribution in [0.4, 0.5) is 5.69 Å². The molecule has 0 unspecified atom stereocenters. The standard InChI is InChI=1S/C9H9BrClN3O/c10-6-1-7(8(11)13-4-6)14-9(15)5-2-12-3-5/h1,4-5,12H,2-3H2,(H,14,15). The van der Waals surface area contributed by atoms with Gasteiger partial charge < -0.3 is 10.6 Å². The third-order valence-corrected chi connectivity index (χ3v) is 2.95. The van der Waals surface area contributed by atoms with Gasteiger partial charge in [0.05, 0.1) is 11.6 Å². The lowest BCUT2D eigenvalue weighted by atomic mass is 10.0. The Labute approximate surface area is 101 Å². The van der Waals surface area contributed by atoms with Gasteiger partial charge in [-0.2, -0.15) is 0 Å². The van der Waals surface area contributed by atoms with Crippen molar-refractivity contribution in [1.29, 1.82) is 0 Å². The molecule has 4 nitrogen and oxygen atoms in total. The van der Waals surface area contributed by atoms with E-state index in [1.807, 2.05) is 0 Å². The Balaban J connectivity index is 2.09. The zero-order valence-electron chi connectivity index (χ0n) is 7.76. The van der Waals surface area contributed by atoms with Crippen LogP contribution in [0.1, 0.15) is 0 Å². The van der Waals surface area contributed by atoms with Gasteiger partial charge in [0, 0.05) is 23.8 Å². The highest BCUT2D eigenvalue weighted by Crippen LogP contribution is 2.23. The first kappa shape index (κ1) is 10.9. The van der Waals surface area contributed by atoms with E-state index in [1.165, 1.54) is 0 Å². The molecule has 2 N–H and O–H groups in total. The zero-order chi connectivity index (χ0) is 10.8. The Hall–Kier alpha value is -0.650. The number of nitrogens with zero attached hydrogens (tertiary/aromatic N) is 1. The average Bonchev–Trinajstić information content (AvgIpc) is 2.08. The molecule has 0 saturated carbocycles. The predicted molar refractivity (Wildman–Crippen MR) is 61.9 cm³/mol. The molecule has 1 aliphatic heterocycles. The molecule has 0 radical (unpaired) electrons. The highest BCUT2D eigenvalue weighted by molar-refractivity contribution is 9.10. The van der Waals surface area contributed by atoms with E-state index in [1.54, 1.807) is 12.3 Å². The molecule has 1 aromatic heterocycles. The number of aromatic nitrogens is 1. The fourth-order valence-electron chi connectivity index (χ4n) is 1.22. The first-order valence-electron chi connectivity index (χ1n) is 4.49. The maximum absolute atomic E-state index is 11.6. The molecule has 1 fully saturated rings. The molecule has 0 aromatic carbocycles. The van der Waals surface area contributed by atoms with Crippen LogP contribution in [0.25, 0.3) is 0 Å². The molecule has 1 aliphatic rings. The van der Waals surface area contributed by atoms with E-state index in [2.05, 4.69) is 31.5 Å². The van der Waals surface area contributed by atoms with Crippen molar-refractivity contribution in [1.82, 2.24) is 10.3 Å². The second-order valence-corrected chi connectivity index (χ2v) is 4.61. The van der Waals surface area contributed by atoms with Gasteiger partial charge in [0.15, 0.2) is 5.15 Å². The van der Waals surface area contributed by atoms with Crippen LogP contribution in [-0.4, -0.2) is 24.0 Å². The van der Waals surface area contributed by atoms with E-state index < -0.39 is 0 Å². The third kappa shape index (κ3) is 2.48. The number of amides is 1. The number of carbonyl (C=O) groups excluding carboxylic acids is 1. The fraction of sp³-hybridized carbons (Fsp3) is 0.333. The smallest absolute Gasteiger partial charge is 0.230 e. The van der Waals surface area contributed by atoms with Crippen molar-refractivity contribution in [2.45, 2.75) is 0 Å². The van der Waals surface area contributed by atoms with Crippen LogP contribution in [0, 0.1) is 5.92 Å². The second-order valence-electron chi connectivity index (χ2n) is 3.34. The first-order valence-corrected chi connectivity index (χ1v) is 5.66. The molecule has 2 rings (SSSR count). The summed E-state index contributed by atoms with van der Waals surface area (Å²) in [5.74, 6) is 0.0237. The Morgan fingerprint density at radius 1 is 1.67 bits per heavy atom. The summed E-state index contributed by atoms with van der Waals surface area (Å²) < 4.78 is 0.786. The SMILES string of the molecule is O=C(Nc1cc(Br)cnc1Cl)C1CNC1. The van der Waals surface area contributed by atoms with E-state index in [9.17, 15) is 4.79 Å². The van der Waals surface area contributed by atoms with Crippen LogP contribution in [0.15, 0.2) is 16.7 Å². The number of carbonyl (C=O) groups is 1. The van der Waals surface area contributed by atoms with Gasteiger partial charge in [-0.05, 0) is 22.0 Å². The number of nitrogens with one attached hydrogen (secondary N) is 2. The summed E-state index contributed by atoms with van der Waals surface area (Å²) >= 11 is 9.11. The molecule has 80 valence electrons. The Kier molecular flexibility index (Phi) is 3.23. The van der Waals surface area contributed by atoms with E-state index >= 15 is 0 Å². The van der Waals surface area contributed by atoms with Gasteiger partial charge >= 0.3 is 0 Å². The van der Waals surface area contributed by atoms with Crippen LogP contribution in [0.2, 0.25) is 5.15 Å². The lowest BCUT2D eigenvalue weighted by molar-refractivity contribution is -0.121. The minimum absolute atomic E-state index is 0.0180. The number of rotatable bonds is 2. The zero-order valence-corrected chi connectivity index (χ0v) is 10.1. The molecule has 0 atom stereocenters. The van der Waals surface area contributed by atoms with Gasteiger partial charge in [-0.1, -0.05) is 11.6 Å². The van der Waals surface area contributed by atoms with Gasteiger partial charge in [0.1, 0.15) is 0 Å². The monoisotopic (exact) mass is 289 g/mol. The van der Waals surface area contributed by atoms with Crippen LogP contribution >= 0.6 is 27.5 Å². The lowest BCUT2D eigenvalue weighted by Gasteiger charge is -2.25. The van der Waals surface area contributed by atoms with Crippen molar-refractivity contribution in [2.24, 2.45) is 5.92 Å². The molecule has 1 amide bonds. The van der Waals surface area contributed by atoms with Crippen molar-refractivity contribution in [2.75, 3.05) is 18.4 Å². The Morgan fingerprint density at radius 3 is 3.00 bits per heavy atom. The quantitative estimate of drug-likeness (QED) is 0.815. The summed E-state index contributed by atoms with van der Waals surface area (Å²) in [5.41, 5.74) is 0.544. The third-order valence-electron chi connectivity index (χ3n) is 2.22. The summed E-state index contributed by atoms with van der Waals surface area (Å²) in [7, 11) is 0. The summed E-state index contributed by atoms with van der Waals surface area (Å²) in [4.78, 5) is 15.5. The number of hydrogen-bond acceptors (Lipinski definition) is 3. The lowest BCUT2D eigenvalue weighted by Crippen LogP contribution is -2.48. The molecular weight excluding hydrogens is 281 g/mol. The molecule has 0 aliphatic carbocycles. The highest BCUT2D eigenvalue weighted by Gasteiger charge is 2.25. The summed E-state index contributed by atoms with van der Waals surface area (Å²) in [5, 5.41) is 6.09. The van der Waals surface area contributed by atoms with Gasteiger partial charge in [-0.25, -0.2) is 4.98 Å². The molecule has 1 saturated heterocycles. The number of pyridine rings is 1. The molecule has 15 heavy (non-hydrogen) atoms. The minimum atomic E-state index is -0.0180. The number of anilines is 1. The number of halogens is 2. The van der Waals surface area contributed by atoms with Crippen molar-refractivity contribution >= 4 is 39.1 Å². The number of hydrogen-bond donors (Lipinski definition) is 2. The molecule has 0 spiro atoms. The van der Waals surface area contributed by atoms with Gasteiger partial charge in [0.2, 0.25) is 5.91 Å². The normalized spacial score (nSPS) is 15.9. The fourth-order valence-corrected chi connectivity index (χ4v) is 1.70. The molecule has 2 heterocycles. The van der Waals surface area contributed by atoms with Gasteiger partial charge in [-0.15, -0.1) is 0 Å². The molecule has 6 heteroatoms. The minimum Gasteiger partial charge on any atom is -0.323 e. The largest absolute Gasteiger partial charge is 0.323 e. The highest BCUT2D eigenvalue weighted by atomic mass is 79.9. The van der Waals surface area contributed by atoms with Crippen molar-refractivity contribution in [3.63, 3.8) is 0 Å². The maximum Gasteiger partial charge on any atom is 0.230 e. The van der Waals surface area contributed by atoms with Crippen LogP contribution in [0.3, 0.4) is 0 Å². The van der Waals surface area contributed by atoms with Crippen LogP contribution in [-0.2, 0) is 4.79 Å². The van der Waals surface area contributed by atoms with E-state index in [4.69, 9.17) is 11.6 Å². The molecule has 1 aromatic rings. The van der Waals surface area contributed by atoms with E-state index in [-0.39, 0.29) is 11.8 Å². The van der Waals surface area contributed by atoms with Crippen molar-refractivity contribution in [3.8, 4) is 0 Å². The Bertz CT molecular complexity index is 395. The van der Waals surface area contributed by atoms with Crippen molar-refractivity contribution < 1.29 is 4.79 Å². The van der Waals surface area contributed by atoms with Gasteiger partial charge in [-0.3, -0.25) is 4.79 Å². The van der Waals surface area contributed by atoms with E-state index in [0.29, 0.717) is 10.8 Å². The first-order chi connectivity index (χ1) is 7.16. The summed E-state index contributed by atoms with van der Waals surface area (Å²) in [6.45, 7) is 1.45. The average molecular weight is 291 g/mol. The van der Waals surface area contributed by atoms with Crippen molar-refractivity contribution in [3.05, 3.63) is 21.9 Å².